The van der Waals surface area contributed by atoms with E-state index in [9.17, 15) is 5.11 Å². The fraction of sp³-hybridized carbons (Fsp3) is 0.500. The van der Waals surface area contributed by atoms with Gasteiger partial charge in [0.05, 0.1) is 19.8 Å². The molecule has 1 heterocycles. The Bertz CT molecular complexity index is 318. The molecule has 2 rings (SSSR count). The third-order valence-corrected chi connectivity index (χ3v) is 2.58. The zero-order valence-corrected chi connectivity index (χ0v) is 8.85. The van der Waals surface area contributed by atoms with Crippen molar-refractivity contribution in [2.24, 2.45) is 0 Å². The predicted molar refractivity (Wildman–Crippen MR) is 56.7 cm³/mol. The number of hydrogen-bond acceptors (Lipinski definition) is 3. The van der Waals surface area contributed by atoms with Crippen LogP contribution in [0.3, 0.4) is 0 Å². The average molecular weight is 208 g/mol. The average Bonchev–Trinajstić information content (AvgIpc) is 2.29. The Morgan fingerprint density at radius 3 is 2.93 bits per heavy atom. The highest BCUT2D eigenvalue weighted by Crippen LogP contribution is 2.21. The second-order valence-electron chi connectivity index (χ2n) is 3.84. The van der Waals surface area contributed by atoms with Crippen molar-refractivity contribution in [1.82, 2.24) is 0 Å². The first-order valence-corrected chi connectivity index (χ1v) is 5.21. The fourth-order valence-electron chi connectivity index (χ4n) is 1.76. The molecular formula is C12H16O3. The molecule has 2 unspecified atom stereocenters. The molecule has 3 nitrogen and oxygen atoms in total. The van der Waals surface area contributed by atoms with Gasteiger partial charge in [-0.05, 0) is 12.5 Å². The molecular weight excluding hydrogens is 192 g/mol. The van der Waals surface area contributed by atoms with Gasteiger partial charge in [0.1, 0.15) is 12.2 Å². The van der Waals surface area contributed by atoms with Crippen molar-refractivity contribution in [3.8, 4) is 0 Å². The van der Waals surface area contributed by atoms with Gasteiger partial charge in [0.25, 0.3) is 0 Å². The summed E-state index contributed by atoms with van der Waals surface area (Å²) in [5.41, 5.74) is 2.04. The van der Waals surface area contributed by atoms with Crippen molar-refractivity contribution in [2.45, 2.75) is 19.1 Å². The quantitative estimate of drug-likeness (QED) is 0.799. The van der Waals surface area contributed by atoms with Crippen LogP contribution in [0.5, 0.6) is 0 Å². The standard InChI is InChI=1S/C12H16O3/c1-9-3-2-4-10(7-9)12(13)11-8-14-5-6-15-11/h2-4,7,11-13H,5-6,8H2,1H3. The molecule has 1 aromatic rings. The van der Waals surface area contributed by atoms with Crippen LogP contribution in [-0.2, 0) is 9.47 Å². The van der Waals surface area contributed by atoms with E-state index in [4.69, 9.17) is 9.47 Å². The van der Waals surface area contributed by atoms with Crippen LogP contribution >= 0.6 is 0 Å². The Labute approximate surface area is 89.6 Å². The SMILES string of the molecule is Cc1cccc(C(O)C2COCCO2)c1. The molecule has 82 valence electrons. The number of aryl methyl sites for hydroxylation is 1. The molecule has 2 atom stereocenters. The molecule has 0 radical (unpaired) electrons. The third-order valence-electron chi connectivity index (χ3n) is 2.58. The molecule has 0 aromatic heterocycles. The minimum Gasteiger partial charge on any atom is -0.386 e. The summed E-state index contributed by atoms with van der Waals surface area (Å²) in [5.74, 6) is 0. The van der Waals surface area contributed by atoms with Gasteiger partial charge in [-0.15, -0.1) is 0 Å². The zero-order valence-electron chi connectivity index (χ0n) is 8.85. The zero-order chi connectivity index (χ0) is 10.7. The molecule has 0 aliphatic carbocycles. The van der Waals surface area contributed by atoms with E-state index in [-0.39, 0.29) is 6.10 Å². The normalized spacial score (nSPS) is 23.7. The first-order valence-electron chi connectivity index (χ1n) is 5.21. The monoisotopic (exact) mass is 208 g/mol. The van der Waals surface area contributed by atoms with Crippen molar-refractivity contribution >= 4 is 0 Å². The lowest BCUT2D eigenvalue weighted by atomic mass is 10.0. The van der Waals surface area contributed by atoms with Crippen LogP contribution in [0.4, 0.5) is 0 Å². The summed E-state index contributed by atoms with van der Waals surface area (Å²) < 4.78 is 10.7. The Hall–Kier alpha value is -0.900. The molecule has 0 amide bonds. The van der Waals surface area contributed by atoms with Crippen LogP contribution in [0, 0.1) is 6.92 Å². The summed E-state index contributed by atoms with van der Waals surface area (Å²) in [4.78, 5) is 0. The number of aliphatic hydroxyl groups is 1. The number of hydrogen-bond donors (Lipinski definition) is 1. The van der Waals surface area contributed by atoms with E-state index in [2.05, 4.69) is 0 Å². The lowest BCUT2D eigenvalue weighted by Crippen LogP contribution is -2.33. The summed E-state index contributed by atoms with van der Waals surface area (Å²) in [5, 5.41) is 10.1. The van der Waals surface area contributed by atoms with Gasteiger partial charge in [-0.1, -0.05) is 29.8 Å². The summed E-state index contributed by atoms with van der Waals surface area (Å²) in [6, 6.07) is 7.84. The first kappa shape index (κ1) is 10.6. The molecule has 1 aromatic carbocycles. The summed E-state index contributed by atoms with van der Waals surface area (Å²) in [6.07, 6.45) is -0.828. The van der Waals surface area contributed by atoms with Crippen LogP contribution in [0.15, 0.2) is 24.3 Å². The number of ether oxygens (including phenoxy) is 2. The van der Waals surface area contributed by atoms with Crippen molar-refractivity contribution in [3.05, 3.63) is 35.4 Å². The Balaban J connectivity index is 2.08. The summed E-state index contributed by atoms with van der Waals surface area (Å²) in [7, 11) is 0. The smallest absolute Gasteiger partial charge is 0.111 e. The number of rotatable bonds is 2. The van der Waals surface area contributed by atoms with E-state index in [1.54, 1.807) is 0 Å². The minimum atomic E-state index is -0.592. The Morgan fingerprint density at radius 2 is 2.27 bits per heavy atom. The molecule has 3 heteroatoms. The fourth-order valence-corrected chi connectivity index (χ4v) is 1.76. The lowest BCUT2D eigenvalue weighted by Gasteiger charge is -2.27. The summed E-state index contributed by atoms with van der Waals surface area (Å²) >= 11 is 0. The van der Waals surface area contributed by atoms with Crippen LogP contribution in [0.1, 0.15) is 17.2 Å². The Morgan fingerprint density at radius 1 is 1.40 bits per heavy atom. The highest BCUT2D eigenvalue weighted by atomic mass is 16.6. The molecule has 0 saturated carbocycles. The van der Waals surface area contributed by atoms with Gasteiger partial charge in [0.15, 0.2) is 0 Å². The van der Waals surface area contributed by atoms with Crippen molar-refractivity contribution < 1.29 is 14.6 Å². The molecule has 1 N–H and O–H groups in total. The lowest BCUT2D eigenvalue weighted by molar-refractivity contribution is -0.133. The van der Waals surface area contributed by atoms with Gasteiger partial charge in [-0.3, -0.25) is 0 Å². The second kappa shape index (κ2) is 4.75. The van der Waals surface area contributed by atoms with Gasteiger partial charge in [-0.25, -0.2) is 0 Å². The highest BCUT2D eigenvalue weighted by molar-refractivity contribution is 5.24. The van der Waals surface area contributed by atoms with E-state index in [0.29, 0.717) is 19.8 Å². The van der Waals surface area contributed by atoms with Gasteiger partial charge in [-0.2, -0.15) is 0 Å². The van der Waals surface area contributed by atoms with Gasteiger partial charge >= 0.3 is 0 Å². The third kappa shape index (κ3) is 2.56. The largest absolute Gasteiger partial charge is 0.386 e. The molecule has 1 saturated heterocycles. The van der Waals surface area contributed by atoms with Crippen molar-refractivity contribution in [1.29, 1.82) is 0 Å². The topological polar surface area (TPSA) is 38.7 Å². The molecule has 1 aliphatic rings. The Kier molecular flexibility index (Phi) is 3.36. The maximum Gasteiger partial charge on any atom is 0.111 e. The first-order chi connectivity index (χ1) is 7.27. The van der Waals surface area contributed by atoms with E-state index >= 15 is 0 Å². The molecule has 1 aliphatic heterocycles. The van der Waals surface area contributed by atoms with Crippen LogP contribution < -0.4 is 0 Å². The van der Waals surface area contributed by atoms with E-state index in [1.807, 2.05) is 31.2 Å². The van der Waals surface area contributed by atoms with Crippen LogP contribution in [0.2, 0.25) is 0 Å². The van der Waals surface area contributed by atoms with Crippen LogP contribution in [-0.4, -0.2) is 31.0 Å². The second-order valence-corrected chi connectivity index (χ2v) is 3.84. The molecule has 15 heavy (non-hydrogen) atoms. The minimum absolute atomic E-state index is 0.236. The van der Waals surface area contributed by atoms with Crippen molar-refractivity contribution in [3.63, 3.8) is 0 Å². The van der Waals surface area contributed by atoms with E-state index in [0.717, 1.165) is 11.1 Å². The van der Waals surface area contributed by atoms with Crippen LogP contribution in [0.25, 0.3) is 0 Å². The maximum atomic E-state index is 10.1. The van der Waals surface area contributed by atoms with Gasteiger partial charge < -0.3 is 14.6 Å². The number of aliphatic hydroxyl groups excluding tert-OH is 1. The van der Waals surface area contributed by atoms with E-state index in [1.165, 1.54) is 0 Å². The van der Waals surface area contributed by atoms with Gasteiger partial charge in [0, 0.05) is 0 Å². The highest BCUT2D eigenvalue weighted by Gasteiger charge is 2.24. The van der Waals surface area contributed by atoms with Gasteiger partial charge in [0.2, 0.25) is 0 Å². The van der Waals surface area contributed by atoms with Crippen molar-refractivity contribution in [2.75, 3.05) is 19.8 Å². The predicted octanol–water partition coefficient (Wildman–Crippen LogP) is 1.44. The summed E-state index contributed by atoms with van der Waals surface area (Å²) in [6.45, 7) is 3.66. The molecule has 0 spiro atoms. The van der Waals surface area contributed by atoms with E-state index < -0.39 is 6.10 Å². The number of benzene rings is 1. The maximum absolute atomic E-state index is 10.1. The molecule has 1 fully saturated rings. The molecule has 0 bridgehead atoms.